The number of aryl methyl sites for hydroxylation is 1. The maximum atomic E-state index is 13.8. The fourth-order valence-corrected chi connectivity index (χ4v) is 7.92. The number of nitrogens with zero attached hydrogens (tertiary/aromatic N) is 2. The molecule has 0 bridgehead atoms. The molecule has 1 amide bonds. The van der Waals surface area contributed by atoms with Gasteiger partial charge in [0.05, 0.1) is 23.2 Å². The fraction of sp³-hybridized carbons (Fsp3) is 0.480. The minimum atomic E-state index is -3.76. The first-order valence-corrected chi connectivity index (χ1v) is 12.9. The number of hydrogen-bond donors (Lipinski definition) is 1. The lowest BCUT2D eigenvalue weighted by molar-refractivity contribution is -0.140. The van der Waals surface area contributed by atoms with E-state index in [0.717, 1.165) is 24.0 Å². The summed E-state index contributed by atoms with van der Waals surface area (Å²) in [5, 5.41) is 10.2. The first kappa shape index (κ1) is 21.5. The van der Waals surface area contributed by atoms with Gasteiger partial charge in [0.15, 0.2) is 0 Å². The quantitative estimate of drug-likeness (QED) is 0.770. The molecular formula is C25H30N2O4S. The number of aliphatic hydroxyl groups is 1. The Morgan fingerprint density at radius 3 is 2.53 bits per heavy atom. The van der Waals surface area contributed by atoms with E-state index in [1.807, 2.05) is 48.2 Å². The van der Waals surface area contributed by atoms with Gasteiger partial charge in [-0.3, -0.25) is 9.10 Å². The van der Waals surface area contributed by atoms with Crippen LogP contribution in [0.2, 0.25) is 0 Å². The number of carbonyl (C=O) groups excluding carboxylic acids is 1. The summed E-state index contributed by atoms with van der Waals surface area (Å²) >= 11 is 0. The van der Waals surface area contributed by atoms with Crippen molar-refractivity contribution >= 4 is 21.6 Å². The first-order valence-electron chi connectivity index (χ1n) is 11.4. The van der Waals surface area contributed by atoms with E-state index in [2.05, 4.69) is 6.92 Å². The number of para-hydroxylation sites is 1. The molecule has 0 aromatic heterocycles. The number of carbonyl (C=O) groups is 1. The molecule has 0 radical (unpaired) electrons. The molecule has 32 heavy (non-hydrogen) atoms. The van der Waals surface area contributed by atoms with Crippen molar-refractivity contribution in [2.45, 2.75) is 61.9 Å². The van der Waals surface area contributed by atoms with Crippen molar-refractivity contribution in [3.05, 3.63) is 59.7 Å². The van der Waals surface area contributed by atoms with Crippen LogP contribution in [0.1, 0.15) is 43.7 Å². The van der Waals surface area contributed by atoms with Gasteiger partial charge >= 0.3 is 0 Å². The normalized spacial score (nSPS) is 29.5. The molecule has 6 nitrogen and oxygen atoms in total. The Labute approximate surface area is 189 Å². The highest BCUT2D eigenvalue weighted by Gasteiger charge is 2.62. The van der Waals surface area contributed by atoms with E-state index >= 15 is 0 Å². The van der Waals surface area contributed by atoms with Crippen LogP contribution in [0.5, 0.6) is 0 Å². The van der Waals surface area contributed by atoms with E-state index in [1.54, 1.807) is 12.1 Å². The lowest BCUT2D eigenvalue weighted by Crippen LogP contribution is -2.55. The van der Waals surface area contributed by atoms with Crippen LogP contribution in [-0.4, -0.2) is 49.6 Å². The summed E-state index contributed by atoms with van der Waals surface area (Å²) in [7, 11) is -3.76. The van der Waals surface area contributed by atoms with E-state index in [9.17, 15) is 18.3 Å². The zero-order valence-corrected chi connectivity index (χ0v) is 19.4. The predicted octanol–water partition coefficient (Wildman–Crippen LogP) is 3.22. The Bertz CT molecular complexity index is 1150. The monoisotopic (exact) mass is 454 g/mol. The number of amides is 1. The van der Waals surface area contributed by atoms with E-state index in [1.165, 1.54) is 4.31 Å². The smallest absolute Gasteiger partial charge is 0.264 e. The van der Waals surface area contributed by atoms with Crippen LogP contribution < -0.4 is 4.31 Å². The Morgan fingerprint density at radius 1 is 1.12 bits per heavy atom. The van der Waals surface area contributed by atoms with Gasteiger partial charge in [-0.25, -0.2) is 8.42 Å². The highest BCUT2D eigenvalue weighted by Crippen LogP contribution is 2.56. The summed E-state index contributed by atoms with van der Waals surface area (Å²) in [6, 6.07) is 14.3. The minimum Gasteiger partial charge on any atom is -0.394 e. The maximum absolute atomic E-state index is 13.8. The van der Waals surface area contributed by atoms with Crippen molar-refractivity contribution in [3.63, 3.8) is 0 Å². The molecule has 170 valence electrons. The molecule has 2 saturated heterocycles. The summed E-state index contributed by atoms with van der Waals surface area (Å²) in [6.45, 7) is 4.27. The molecule has 0 aliphatic carbocycles. The highest BCUT2D eigenvalue weighted by molar-refractivity contribution is 7.92. The SMILES string of the molecule is CC[C@@H]1CCC(=O)N2[C@H](CO)C[C@]3(CN(S(=O)(=O)c4ccc(C)cc4)c4ccccc43)[C@@H]12. The van der Waals surface area contributed by atoms with Crippen molar-refractivity contribution in [1.82, 2.24) is 4.90 Å². The number of hydrogen-bond acceptors (Lipinski definition) is 4. The van der Waals surface area contributed by atoms with Crippen molar-refractivity contribution in [2.24, 2.45) is 5.92 Å². The molecule has 7 heteroatoms. The first-order chi connectivity index (χ1) is 15.3. The molecule has 2 aromatic carbocycles. The van der Waals surface area contributed by atoms with Gasteiger partial charge in [0.2, 0.25) is 5.91 Å². The Hall–Kier alpha value is -2.38. The van der Waals surface area contributed by atoms with E-state index < -0.39 is 15.4 Å². The highest BCUT2D eigenvalue weighted by atomic mass is 32.2. The van der Waals surface area contributed by atoms with Crippen LogP contribution in [0.15, 0.2) is 53.4 Å². The largest absolute Gasteiger partial charge is 0.394 e. The van der Waals surface area contributed by atoms with E-state index in [0.29, 0.717) is 25.1 Å². The average molecular weight is 455 g/mol. The van der Waals surface area contributed by atoms with Gasteiger partial charge < -0.3 is 10.0 Å². The summed E-state index contributed by atoms with van der Waals surface area (Å²) < 4.78 is 29.1. The molecule has 1 N–H and O–H groups in total. The van der Waals surface area contributed by atoms with Crippen molar-refractivity contribution in [1.29, 1.82) is 0 Å². The molecule has 5 rings (SSSR count). The molecule has 2 fully saturated rings. The topological polar surface area (TPSA) is 77.9 Å². The number of aliphatic hydroxyl groups excluding tert-OH is 1. The molecule has 4 atom stereocenters. The average Bonchev–Trinajstić information content (AvgIpc) is 3.32. The molecule has 0 saturated carbocycles. The molecule has 3 heterocycles. The third kappa shape index (κ3) is 2.94. The standard InChI is InChI=1S/C25H30N2O4S/c1-3-18-10-13-23(29)27-19(15-28)14-25(24(18)27)16-26(22-7-5-4-6-21(22)25)32(30,31)20-11-8-17(2)9-12-20/h4-9,11-12,18-19,24,28H,3,10,13-16H2,1-2H3/t18-,19+,24-,25-/m1/s1. The van der Waals surface area contributed by atoms with Crippen LogP contribution in [0, 0.1) is 12.8 Å². The van der Waals surface area contributed by atoms with Crippen LogP contribution in [0.25, 0.3) is 0 Å². The van der Waals surface area contributed by atoms with Gasteiger partial charge in [-0.1, -0.05) is 49.2 Å². The number of anilines is 1. The summed E-state index contributed by atoms with van der Waals surface area (Å²) in [6.07, 6.45) is 2.80. The van der Waals surface area contributed by atoms with Gasteiger partial charge in [-0.2, -0.15) is 0 Å². The molecule has 3 aliphatic heterocycles. The van der Waals surface area contributed by atoms with Crippen molar-refractivity contribution < 1.29 is 18.3 Å². The lowest BCUT2D eigenvalue weighted by Gasteiger charge is -2.44. The third-order valence-corrected chi connectivity index (χ3v) is 9.58. The zero-order chi connectivity index (χ0) is 22.7. The number of sulfonamides is 1. The third-order valence-electron chi connectivity index (χ3n) is 7.80. The Balaban J connectivity index is 1.66. The summed E-state index contributed by atoms with van der Waals surface area (Å²) in [5.74, 6) is 0.354. The second-order valence-electron chi connectivity index (χ2n) is 9.49. The maximum Gasteiger partial charge on any atom is 0.264 e. The van der Waals surface area contributed by atoms with Crippen molar-refractivity contribution in [2.75, 3.05) is 17.5 Å². The predicted molar refractivity (Wildman–Crippen MR) is 123 cm³/mol. The zero-order valence-electron chi connectivity index (χ0n) is 18.6. The molecule has 2 aromatic rings. The molecule has 3 aliphatic rings. The molecule has 1 spiro atoms. The van der Waals surface area contributed by atoms with Crippen LogP contribution in [0.4, 0.5) is 5.69 Å². The summed E-state index contributed by atoms with van der Waals surface area (Å²) in [5.41, 5.74) is 2.17. The van der Waals surface area contributed by atoms with Gasteiger partial charge in [-0.05, 0) is 49.4 Å². The number of benzene rings is 2. The van der Waals surface area contributed by atoms with E-state index in [-0.39, 0.29) is 35.4 Å². The molecular weight excluding hydrogens is 424 g/mol. The lowest BCUT2D eigenvalue weighted by atomic mass is 9.68. The van der Waals surface area contributed by atoms with Gasteiger partial charge in [0, 0.05) is 24.4 Å². The fourth-order valence-electron chi connectivity index (χ4n) is 6.36. The second-order valence-corrected chi connectivity index (χ2v) is 11.4. The number of piperidine rings is 1. The van der Waals surface area contributed by atoms with Crippen LogP contribution >= 0.6 is 0 Å². The Morgan fingerprint density at radius 2 is 1.84 bits per heavy atom. The van der Waals surface area contributed by atoms with Gasteiger partial charge in [0.1, 0.15) is 0 Å². The van der Waals surface area contributed by atoms with Crippen LogP contribution in [0.3, 0.4) is 0 Å². The number of fused-ring (bicyclic) bond motifs is 4. The van der Waals surface area contributed by atoms with E-state index in [4.69, 9.17) is 0 Å². The summed E-state index contributed by atoms with van der Waals surface area (Å²) in [4.78, 5) is 15.1. The minimum absolute atomic E-state index is 0.0768. The number of rotatable bonds is 4. The van der Waals surface area contributed by atoms with Crippen molar-refractivity contribution in [3.8, 4) is 0 Å². The Kier molecular flexibility index (Phi) is 5.09. The van der Waals surface area contributed by atoms with Gasteiger partial charge in [0.25, 0.3) is 10.0 Å². The van der Waals surface area contributed by atoms with Crippen LogP contribution in [-0.2, 0) is 20.2 Å². The second kappa shape index (κ2) is 7.59. The van der Waals surface area contributed by atoms with Gasteiger partial charge in [-0.15, -0.1) is 0 Å². The molecule has 0 unspecified atom stereocenters.